The summed E-state index contributed by atoms with van der Waals surface area (Å²) in [6.45, 7) is 12.0. The normalized spacial score (nSPS) is 26.9. The Labute approximate surface area is 304 Å². The van der Waals surface area contributed by atoms with Crippen LogP contribution in [0.5, 0.6) is 0 Å². The predicted molar refractivity (Wildman–Crippen MR) is 201 cm³/mol. The maximum absolute atomic E-state index is 14.2. The quantitative estimate of drug-likeness (QED) is 0.208. The molecule has 3 aliphatic carbocycles. The van der Waals surface area contributed by atoms with Crippen LogP contribution in [0.4, 0.5) is 11.6 Å². The monoisotopic (exact) mass is 721 g/mol. The van der Waals surface area contributed by atoms with E-state index in [-0.39, 0.29) is 42.6 Å². The Hall–Kier alpha value is -3.34. The molecule has 1 aromatic heterocycles. The number of aromatic nitrogens is 2. The van der Waals surface area contributed by atoms with Gasteiger partial charge in [-0.3, -0.25) is 14.2 Å². The molecule has 3 N–H and O–H groups in total. The number of rotatable bonds is 7. The van der Waals surface area contributed by atoms with Crippen molar-refractivity contribution in [3.8, 4) is 0 Å². The summed E-state index contributed by atoms with van der Waals surface area (Å²) < 4.78 is 1.76. The minimum atomic E-state index is -0.112. The SMILES string of the molecule is C[C@@H]1[C@@H](/N=C(/Nc2ccc3c(=O)n(CCc4ccc(Cl)cc4Cl)c(N4CCC(CO)CC4)nc3c2)N2CC(=O)N[C@@H](C)C2)C[C@@H]2C[C@H]1C2(C)C. The molecule has 0 unspecified atom stereocenters. The number of piperidine rings is 1. The molecule has 50 heavy (non-hydrogen) atoms. The van der Waals surface area contributed by atoms with Gasteiger partial charge in [0.05, 0.1) is 23.5 Å². The van der Waals surface area contributed by atoms with Crippen molar-refractivity contribution < 1.29 is 9.90 Å². The first-order valence-electron chi connectivity index (χ1n) is 18.1. The minimum absolute atomic E-state index is 0.00334. The summed E-state index contributed by atoms with van der Waals surface area (Å²) >= 11 is 12.7. The summed E-state index contributed by atoms with van der Waals surface area (Å²) in [6.07, 6.45) is 4.52. The first kappa shape index (κ1) is 35.1. The number of hydrogen-bond acceptors (Lipinski definition) is 6. The van der Waals surface area contributed by atoms with E-state index in [1.54, 1.807) is 10.6 Å². The van der Waals surface area contributed by atoms with Crippen LogP contribution in [0.2, 0.25) is 10.0 Å². The lowest BCUT2D eigenvalue weighted by Crippen LogP contribution is -2.58. The first-order chi connectivity index (χ1) is 23.9. The lowest BCUT2D eigenvalue weighted by molar-refractivity contribution is -0.124. The molecule has 2 saturated heterocycles. The van der Waals surface area contributed by atoms with E-state index < -0.39 is 0 Å². The summed E-state index contributed by atoms with van der Waals surface area (Å²) in [5.74, 6) is 3.29. The fourth-order valence-electron chi connectivity index (χ4n) is 8.87. The molecule has 3 aromatic rings. The number of halogens is 2. The number of aliphatic hydroxyl groups is 1. The third-order valence-corrected chi connectivity index (χ3v) is 12.7. The topological polar surface area (TPSA) is 115 Å². The second kappa shape index (κ2) is 14.0. The average molecular weight is 723 g/mol. The van der Waals surface area contributed by atoms with Crippen LogP contribution in [0, 0.1) is 29.1 Å². The van der Waals surface area contributed by atoms with E-state index in [1.165, 1.54) is 6.42 Å². The molecule has 268 valence electrons. The number of carbonyl (C=O) groups excluding carboxylic acids is 1. The molecule has 10 nitrogen and oxygen atoms in total. The van der Waals surface area contributed by atoms with Crippen LogP contribution >= 0.6 is 23.2 Å². The van der Waals surface area contributed by atoms with Crippen molar-refractivity contribution in [2.24, 2.45) is 34.1 Å². The molecule has 5 atom stereocenters. The van der Waals surface area contributed by atoms with Crippen LogP contribution in [0.25, 0.3) is 10.9 Å². The van der Waals surface area contributed by atoms with E-state index in [0.717, 1.165) is 30.5 Å². The van der Waals surface area contributed by atoms with Gasteiger partial charge >= 0.3 is 0 Å². The van der Waals surface area contributed by atoms with Crippen molar-refractivity contribution in [2.45, 2.75) is 78.4 Å². The standard InChI is InChI=1S/C38H49Cl2N7O3/c1-22-19-46(20-34(49)41-22)36(43-32-16-26-15-30(23(32)2)38(26,3)4)42-28-7-8-29-33(18-28)44-37(45-12-9-24(21-48)10-13-45)47(35(29)50)14-11-25-5-6-27(39)17-31(25)40/h5-8,17-18,22-24,26,30,32,48H,9-16,19-21H2,1-4H3,(H,41,49)(H,42,43)/t22-,23-,26-,30+,32-/m0/s1. The highest BCUT2D eigenvalue weighted by molar-refractivity contribution is 6.35. The maximum Gasteiger partial charge on any atom is 0.262 e. The average Bonchev–Trinajstić information content (AvgIpc) is 3.08. The smallest absolute Gasteiger partial charge is 0.262 e. The molecule has 0 spiro atoms. The van der Waals surface area contributed by atoms with E-state index in [2.05, 4.69) is 41.2 Å². The fourth-order valence-corrected chi connectivity index (χ4v) is 9.37. The van der Waals surface area contributed by atoms with Crippen LogP contribution in [0.1, 0.15) is 58.9 Å². The Bertz CT molecular complexity index is 1850. The Morgan fingerprint density at radius 1 is 1.10 bits per heavy atom. The van der Waals surface area contributed by atoms with Gasteiger partial charge in [-0.15, -0.1) is 0 Å². The number of nitrogens with one attached hydrogen (secondary N) is 2. The van der Waals surface area contributed by atoms with Gasteiger partial charge in [-0.25, -0.2) is 9.98 Å². The molecule has 3 heterocycles. The van der Waals surface area contributed by atoms with Gasteiger partial charge in [-0.05, 0) is 104 Å². The number of benzene rings is 2. The van der Waals surface area contributed by atoms with E-state index in [4.69, 9.17) is 33.2 Å². The Kier molecular flexibility index (Phi) is 9.82. The minimum Gasteiger partial charge on any atom is -0.396 e. The number of carbonyl (C=O) groups is 1. The van der Waals surface area contributed by atoms with Crippen molar-refractivity contribution in [3.05, 3.63) is 62.4 Å². The molecule has 3 saturated carbocycles. The highest BCUT2D eigenvalue weighted by atomic mass is 35.5. The number of guanidine groups is 1. The van der Waals surface area contributed by atoms with Crippen molar-refractivity contribution >= 4 is 57.6 Å². The number of fused-ring (bicyclic) bond motifs is 3. The highest BCUT2D eigenvalue weighted by Gasteiger charge is 2.56. The van der Waals surface area contributed by atoms with Gasteiger partial charge in [0.1, 0.15) is 0 Å². The van der Waals surface area contributed by atoms with Crippen LogP contribution < -0.4 is 21.1 Å². The second-order valence-electron chi connectivity index (χ2n) is 15.6. The van der Waals surface area contributed by atoms with Crippen molar-refractivity contribution in [3.63, 3.8) is 0 Å². The van der Waals surface area contributed by atoms with E-state index >= 15 is 0 Å². The van der Waals surface area contributed by atoms with Gasteiger partial charge in [0, 0.05) is 54.6 Å². The van der Waals surface area contributed by atoms with Crippen LogP contribution in [0.15, 0.2) is 46.2 Å². The van der Waals surface area contributed by atoms with Gasteiger partial charge in [-0.1, -0.05) is 50.0 Å². The van der Waals surface area contributed by atoms with Crippen molar-refractivity contribution in [1.29, 1.82) is 0 Å². The lowest BCUT2D eigenvalue weighted by atomic mass is 9.45. The third-order valence-electron chi connectivity index (χ3n) is 12.1. The maximum atomic E-state index is 14.2. The zero-order valence-electron chi connectivity index (χ0n) is 29.5. The molecule has 1 amide bonds. The van der Waals surface area contributed by atoms with Gasteiger partial charge < -0.3 is 25.5 Å². The zero-order valence-corrected chi connectivity index (χ0v) is 31.0. The molecule has 2 aromatic carbocycles. The van der Waals surface area contributed by atoms with E-state index in [0.29, 0.717) is 88.6 Å². The van der Waals surface area contributed by atoms with Crippen LogP contribution in [-0.4, -0.2) is 76.3 Å². The van der Waals surface area contributed by atoms with Gasteiger partial charge in [0.25, 0.3) is 5.56 Å². The summed E-state index contributed by atoms with van der Waals surface area (Å²) in [5.41, 5.74) is 2.51. The van der Waals surface area contributed by atoms with Crippen molar-refractivity contribution in [2.75, 3.05) is 43.0 Å². The molecule has 0 radical (unpaired) electrons. The molecule has 5 aliphatic rings. The molecule has 12 heteroatoms. The molecule has 5 fully saturated rings. The van der Waals surface area contributed by atoms with E-state index in [1.807, 2.05) is 37.3 Å². The number of aliphatic imine (C=N–C) groups is 1. The number of hydrogen-bond donors (Lipinski definition) is 3. The number of amides is 1. The molecule has 8 rings (SSSR count). The Morgan fingerprint density at radius 2 is 1.88 bits per heavy atom. The number of anilines is 2. The Balaban J connectivity index is 1.23. The largest absolute Gasteiger partial charge is 0.396 e. The van der Waals surface area contributed by atoms with Gasteiger partial charge in [0.15, 0.2) is 5.96 Å². The van der Waals surface area contributed by atoms with Gasteiger partial charge in [0.2, 0.25) is 11.9 Å². The first-order valence-corrected chi connectivity index (χ1v) is 18.9. The molecule has 2 bridgehead atoms. The number of aryl methyl sites for hydroxylation is 1. The van der Waals surface area contributed by atoms with Crippen LogP contribution in [0.3, 0.4) is 0 Å². The summed E-state index contributed by atoms with van der Waals surface area (Å²) in [5, 5.41) is 18.1. The molecule has 2 aliphatic heterocycles. The van der Waals surface area contributed by atoms with Gasteiger partial charge in [-0.2, -0.15) is 0 Å². The highest BCUT2D eigenvalue weighted by Crippen LogP contribution is 2.61. The number of aliphatic hydroxyl groups excluding tert-OH is 1. The van der Waals surface area contributed by atoms with Crippen LogP contribution in [-0.2, 0) is 17.8 Å². The lowest BCUT2D eigenvalue weighted by Gasteiger charge is -2.61. The number of nitrogens with zero attached hydrogens (tertiary/aromatic N) is 5. The molecular weight excluding hydrogens is 673 g/mol. The zero-order chi connectivity index (χ0) is 35.3. The number of piperazine rings is 1. The second-order valence-corrected chi connectivity index (χ2v) is 16.5. The summed E-state index contributed by atoms with van der Waals surface area (Å²) in [7, 11) is 0. The third kappa shape index (κ3) is 6.83. The summed E-state index contributed by atoms with van der Waals surface area (Å²) in [4.78, 5) is 41.6. The fraction of sp³-hybridized carbons (Fsp3) is 0.579. The Morgan fingerprint density at radius 3 is 2.56 bits per heavy atom. The predicted octanol–water partition coefficient (Wildman–Crippen LogP) is 5.81. The summed E-state index contributed by atoms with van der Waals surface area (Å²) in [6, 6.07) is 11.3. The van der Waals surface area contributed by atoms with E-state index in [9.17, 15) is 14.7 Å². The van der Waals surface area contributed by atoms with Crippen molar-refractivity contribution in [1.82, 2.24) is 19.8 Å². The molecular formula is C38H49Cl2N7O3.